The van der Waals surface area contributed by atoms with Gasteiger partial charge in [0.25, 0.3) is 0 Å². The monoisotopic (exact) mass is 193 g/mol. The molecule has 0 saturated heterocycles. The van der Waals surface area contributed by atoms with Crippen molar-refractivity contribution in [1.82, 2.24) is 9.97 Å². The Labute approximate surface area is 81.4 Å². The maximum Gasteiger partial charge on any atom is 0.192 e. The molecule has 6 heteroatoms. The van der Waals surface area contributed by atoms with Crippen molar-refractivity contribution in [3.05, 3.63) is 23.9 Å². The molecule has 1 rings (SSSR count). The van der Waals surface area contributed by atoms with Gasteiger partial charge in [-0.15, -0.1) is 11.5 Å². The lowest BCUT2D eigenvalue weighted by molar-refractivity contribution is 1.12. The minimum Gasteiger partial charge on any atom is -0.371 e. The fourth-order valence-electron chi connectivity index (χ4n) is 0.946. The van der Waals surface area contributed by atoms with Crippen LogP contribution in [0.25, 0.3) is 0 Å². The minimum absolute atomic E-state index is 0.178. The first-order valence-electron chi connectivity index (χ1n) is 4.04. The van der Waals surface area contributed by atoms with E-state index in [0.717, 1.165) is 0 Å². The Bertz CT molecular complexity index is 339. The van der Waals surface area contributed by atoms with E-state index >= 15 is 0 Å². The first-order valence-corrected chi connectivity index (χ1v) is 4.04. The first-order chi connectivity index (χ1) is 6.83. The second-order valence-corrected chi connectivity index (χ2v) is 2.43. The quantitative estimate of drug-likeness (QED) is 0.547. The third-order valence-corrected chi connectivity index (χ3v) is 1.56. The molecule has 0 saturated carbocycles. The molecule has 0 aliphatic heterocycles. The van der Waals surface area contributed by atoms with Crippen LogP contribution in [0.4, 0.5) is 17.3 Å². The molecule has 0 aliphatic carbocycles. The van der Waals surface area contributed by atoms with Gasteiger partial charge in [0, 0.05) is 13.6 Å². The van der Waals surface area contributed by atoms with Gasteiger partial charge < -0.3 is 10.6 Å². The average Bonchev–Trinajstić information content (AvgIpc) is 2.25. The van der Waals surface area contributed by atoms with E-state index in [0.29, 0.717) is 18.2 Å². The van der Waals surface area contributed by atoms with Gasteiger partial charge in [-0.1, -0.05) is 6.08 Å². The topological polar surface area (TPSA) is 79.3 Å². The van der Waals surface area contributed by atoms with Gasteiger partial charge in [0.2, 0.25) is 0 Å². The molecule has 0 amide bonds. The Morgan fingerprint density at radius 3 is 2.86 bits per heavy atom. The van der Waals surface area contributed by atoms with Crippen LogP contribution in [0, 0.1) is 4.91 Å². The van der Waals surface area contributed by atoms with Gasteiger partial charge in [0.15, 0.2) is 17.3 Å². The number of aromatic nitrogens is 2. The Morgan fingerprint density at radius 2 is 2.29 bits per heavy atom. The number of rotatable bonds is 5. The molecular weight excluding hydrogens is 182 g/mol. The molecule has 0 atom stereocenters. The normalized spacial score (nSPS) is 9.21. The summed E-state index contributed by atoms with van der Waals surface area (Å²) in [6.45, 7) is 4.06. The number of hydrogen-bond donors (Lipinski definition) is 2. The smallest absolute Gasteiger partial charge is 0.192 e. The van der Waals surface area contributed by atoms with Crippen LogP contribution in [-0.4, -0.2) is 23.6 Å². The number of nitrogens with one attached hydrogen (secondary N) is 2. The number of nitrogens with zero attached hydrogens (tertiary/aromatic N) is 3. The van der Waals surface area contributed by atoms with Gasteiger partial charge in [0.05, 0.1) is 0 Å². The van der Waals surface area contributed by atoms with Crippen molar-refractivity contribution >= 4 is 17.3 Å². The van der Waals surface area contributed by atoms with E-state index in [1.807, 2.05) is 0 Å². The van der Waals surface area contributed by atoms with Crippen LogP contribution in [0.3, 0.4) is 0 Å². The van der Waals surface area contributed by atoms with Crippen molar-refractivity contribution in [3.8, 4) is 0 Å². The number of nitroso groups, excluding NO2 is 1. The maximum absolute atomic E-state index is 10.5. The molecule has 2 N–H and O–H groups in total. The van der Waals surface area contributed by atoms with E-state index in [-0.39, 0.29) is 5.69 Å². The van der Waals surface area contributed by atoms with Crippen LogP contribution in [0.15, 0.2) is 24.2 Å². The summed E-state index contributed by atoms with van der Waals surface area (Å²) in [7, 11) is 1.66. The fourth-order valence-corrected chi connectivity index (χ4v) is 0.946. The number of hydrogen-bond acceptors (Lipinski definition) is 6. The summed E-state index contributed by atoms with van der Waals surface area (Å²) in [5, 5.41) is 8.50. The van der Waals surface area contributed by atoms with Crippen LogP contribution < -0.4 is 10.6 Å². The Morgan fingerprint density at radius 1 is 1.57 bits per heavy atom. The lowest BCUT2D eigenvalue weighted by atomic mass is 10.4. The van der Waals surface area contributed by atoms with Crippen LogP contribution in [-0.2, 0) is 0 Å². The summed E-state index contributed by atoms with van der Waals surface area (Å²) >= 11 is 0. The third kappa shape index (κ3) is 2.03. The predicted octanol–water partition coefficient (Wildman–Crippen LogP) is 1.51. The summed E-state index contributed by atoms with van der Waals surface area (Å²) in [6.07, 6.45) is 3.02. The van der Waals surface area contributed by atoms with Crippen LogP contribution in [0.2, 0.25) is 0 Å². The van der Waals surface area contributed by atoms with Crippen LogP contribution >= 0.6 is 0 Å². The lowest BCUT2D eigenvalue weighted by Gasteiger charge is -2.06. The lowest BCUT2D eigenvalue weighted by Crippen LogP contribution is -2.03. The molecule has 0 spiro atoms. The summed E-state index contributed by atoms with van der Waals surface area (Å²) in [5.41, 5.74) is 0.178. The highest BCUT2D eigenvalue weighted by Gasteiger charge is 2.09. The molecule has 1 aromatic rings. The Kier molecular flexibility index (Phi) is 3.54. The molecule has 0 aliphatic rings. The third-order valence-electron chi connectivity index (χ3n) is 1.56. The van der Waals surface area contributed by atoms with Crippen molar-refractivity contribution in [2.24, 2.45) is 5.18 Å². The summed E-state index contributed by atoms with van der Waals surface area (Å²) in [6, 6.07) is 0. The molecule has 74 valence electrons. The standard InChI is InChI=1S/C8H11N5O/c1-3-4-10-8-6(13-14)7(9-2)11-5-12-8/h3,5H,1,4H2,2H3,(H2,9,10,11,12). The van der Waals surface area contributed by atoms with E-state index in [1.54, 1.807) is 13.1 Å². The zero-order chi connectivity index (χ0) is 10.4. The Balaban J connectivity index is 3.01. The van der Waals surface area contributed by atoms with Crippen LogP contribution in [0.5, 0.6) is 0 Å². The van der Waals surface area contributed by atoms with Gasteiger partial charge in [-0.05, 0) is 5.18 Å². The first kappa shape index (κ1) is 10.1. The molecule has 0 fully saturated rings. The van der Waals surface area contributed by atoms with Gasteiger partial charge in [-0.3, -0.25) is 0 Å². The minimum atomic E-state index is 0.178. The van der Waals surface area contributed by atoms with Gasteiger partial charge >= 0.3 is 0 Å². The molecule has 14 heavy (non-hydrogen) atoms. The van der Waals surface area contributed by atoms with Crippen molar-refractivity contribution in [3.63, 3.8) is 0 Å². The summed E-state index contributed by atoms with van der Waals surface area (Å²) in [5.74, 6) is 0.806. The second kappa shape index (κ2) is 4.90. The summed E-state index contributed by atoms with van der Waals surface area (Å²) in [4.78, 5) is 18.3. The van der Waals surface area contributed by atoms with E-state index in [9.17, 15) is 4.91 Å². The zero-order valence-electron chi connectivity index (χ0n) is 7.82. The molecule has 1 aromatic heterocycles. The van der Waals surface area contributed by atoms with E-state index < -0.39 is 0 Å². The highest BCUT2D eigenvalue weighted by Crippen LogP contribution is 2.28. The van der Waals surface area contributed by atoms with E-state index in [2.05, 4.69) is 32.4 Å². The molecule has 0 aromatic carbocycles. The van der Waals surface area contributed by atoms with Gasteiger partial charge in [-0.2, -0.15) is 0 Å². The highest BCUT2D eigenvalue weighted by atomic mass is 16.3. The SMILES string of the molecule is C=CCNc1ncnc(NC)c1N=O. The van der Waals surface area contributed by atoms with Gasteiger partial charge in [0.1, 0.15) is 6.33 Å². The van der Waals surface area contributed by atoms with Crippen LogP contribution in [0.1, 0.15) is 0 Å². The molecule has 1 heterocycles. The van der Waals surface area contributed by atoms with Crippen molar-refractivity contribution in [2.75, 3.05) is 24.2 Å². The van der Waals surface area contributed by atoms with Crippen molar-refractivity contribution < 1.29 is 0 Å². The molecule has 0 unspecified atom stereocenters. The average molecular weight is 193 g/mol. The molecule has 6 nitrogen and oxygen atoms in total. The van der Waals surface area contributed by atoms with Gasteiger partial charge in [-0.25, -0.2) is 9.97 Å². The highest BCUT2D eigenvalue weighted by molar-refractivity contribution is 5.73. The largest absolute Gasteiger partial charge is 0.371 e. The molecular formula is C8H11N5O. The molecule has 0 bridgehead atoms. The van der Waals surface area contributed by atoms with E-state index in [1.165, 1.54) is 6.33 Å². The summed E-state index contributed by atoms with van der Waals surface area (Å²) < 4.78 is 0. The number of anilines is 2. The zero-order valence-corrected chi connectivity index (χ0v) is 7.82. The van der Waals surface area contributed by atoms with Crippen molar-refractivity contribution in [2.45, 2.75) is 0 Å². The second-order valence-electron chi connectivity index (χ2n) is 2.43. The Hall–Kier alpha value is -1.98. The van der Waals surface area contributed by atoms with Crippen molar-refractivity contribution in [1.29, 1.82) is 0 Å². The maximum atomic E-state index is 10.5. The predicted molar refractivity (Wildman–Crippen MR) is 55.7 cm³/mol. The van der Waals surface area contributed by atoms with E-state index in [4.69, 9.17) is 0 Å². The molecule has 0 radical (unpaired) electrons. The fraction of sp³-hybridized carbons (Fsp3) is 0.250.